The number of aromatic hydroxyl groups is 1. The normalized spacial score (nSPS) is 10.6. The fraction of sp³-hybridized carbons (Fsp3) is 0.118. The Hall–Kier alpha value is -2.03. The summed E-state index contributed by atoms with van der Waals surface area (Å²) in [6.07, 6.45) is 0. The second-order valence-electron chi connectivity index (χ2n) is 4.97. The van der Waals surface area contributed by atoms with E-state index >= 15 is 0 Å². The maximum atomic E-state index is 10.7. The summed E-state index contributed by atoms with van der Waals surface area (Å²) in [5.41, 5.74) is 2.08. The molecular weight excluding hydrogens is 327 g/mol. The van der Waals surface area contributed by atoms with Gasteiger partial charge in [-0.2, -0.15) is 0 Å². The van der Waals surface area contributed by atoms with Gasteiger partial charge in [0.15, 0.2) is 0 Å². The third-order valence-corrected chi connectivity index (χ3v) is 6.07. The van der Waals surface area contributed by atoms with Crippen molar-refractivity contribution >= 4 is 19.2 Å². The zero-order chi connectivity index (χ0) is 14.8. The summed E-state index contributed by atoms with van der Waals surface area (Å²) >= 11 is 0.0742. The van der Waals surface area contributed by atoms with Gasteiger partial charge in [0.2, 0.25) is 0 Å². The van der Waals surface area contributed by atoms with E-state index in [2.05, 4.69) is 17.0 Å². The van der Waals surface area contributed by atoms with Gasteiger partial charge in [-0.3, -0.25) is 0 Å². The van der Waals surface area contributed by atoms with Gasteiger partial charge in [-0.25, -0.2) is 0 Å². The van der Waals surface area contributed by atoms with Crippen LogP contribution in [0.4, 0.5) is 4.69 Å². The first-order valence-corrected chi connectivity index (χ1v) is 8.46. The fourth-order valence-electron chi connectivity index (χ4n) is 2.25. The van der Waals surface area contributed by atoms with Crippen LogP contribution in [0, 0.1) is 0 Å². The predicted molar refractivity (Wildman–Crippen MR) is 86.3 cm³/mol. The molecule has 0 atom stereocenters. The third-order valence-electron chi connectivity index (χ3n) is 3.23. The molecule has 3 aromatic rings. The van der Waals surface area contributed by atoms with Crippen LogP contribution >= 0.6 is 0 Å². The molecule has 106 valence electrons. The zero-order valence-electron chi connectivity index (χ0n) is 12.0. The standard InChI is InChI=1S/C17H16N2OSe/c1-18(2)17-19(14-11-7-4-8-12-14)16(20)15(21-17)13-9-5-3-6-10-13/h3-12H,1-2H3/p+1. The Balaban J connectivity index is 2.22. The van der Waals surface area contributed by atoms with Crippen LogP contribution in [0.1, 0.15) is 0 Å². The van der Waals surface area contributed by atoms with Crippen molar-refractivity contribution in [3.05, 3.63) is 60.7 Å². The molecule has 3 nitrogen and oxygen atoms in total. The van der Waals surface area contributed by atoms with E-state index in [1.165, 1.54) is 0 Å². The molecule has 0 unspecified atom stereocenters. The van der Waals surface area contributed by atoms with E-state index in [4.69, 9.17) is 0 Å². The monoisotopic (exact) mass is 345 g/mol. The molecule has 1 N–H and O–H groups in total. The van der Waals surface area contributed by atoms with E-state index in [0.717, 1.165) is 20.4 Å². The van der Waals surface area contributed by atoms with Gasteiger partial charge in [-0.1, -0.05) is 0 Å². The van der Waals surface area contributed by atoms with Gasteiger partial charge in [0, 0.05) is 0 Å². The average Bonchev–Trinajstić information content (AvgIpc) is 2.87. The van der Waals surface area contributed by atoms with Gasteiger partial charge in [0.25, 0.3) is 0 Å². The number of rotatable bonds is 3. The summed E-state index contributed by atoms with van der Waals surface area (Å²) in [5.74, 6) is 0.344. The molecule has 0 aliphatic carbocycles. The minimum atomic E-state index is 0.0742. The van der Waals surface area contributed by atoms with E-state index in [-0.39, 0.29) is 14.5 Å². The SMILES string of the molecule is CN(C)c1[se]c(-c2ccccc2)c(O)[n+]1-c1ccccc1. The van der Waals surface area contributed by atoms with Crippen LogP contribution in [0.25, 0.3) is 15.7 Å². The summed E-state index contributed by atoms with van der Waals surface area (Å²) in [4.78, 5) is 2.08. The Bertz CT molecular complexity index is 736. The molecule has 3 rings (SSSR count). The van der Waals surface area contributed by atoms with Crippen LogP contribution in [0.2, 0.25) is 0 Å². The van der Waals surface area contributed by atoms with Crippen molar-refractivity contribution in [2.75, 3.05) is 19.0 Å². The van der Waals surface area contributed by atoms with Crippen LogP contribution in [0.15, 0.2) is 60.7 Å². The molecule has 4 heteroatoms. The van der Waals surface area contributed by atoms with Crippen molar-refractivity contribution in [1.82, 2.24) is 0 Å². The Kier molecular flexibility index (Phi) is 3.82. The first kappa shape index (κ1) is 13.9. The van der Waals surface area contributed by atoms with Crippen molar-refractivity contribution in [2.45, 2.75) is 0 Å². The Morgan fingerprint density at radius 1 is 0.905 bits per heavy atom. The van der Waals surface area contributed by atoms with Crippen LogP contribution < -0.4 is 9.47 Å². The molecule has 0 spiro atoms. The number of nitrogens with zero attached hydrogens (tertiary/aromatic N) is 2. The number of hydrogen-bond acceptors (Lipinski definition) is 2. The van der Waals surface area contributed by atoms with E-state index in [1.807, 2.05) is 67.2 Å². The molecular formula is C17H17N2OSe+. The first-order valence-electron chi connectivity index (χ1n) is 6.74. The number of anilines is 1. The summed E-state index contributed by atoms with van der Waals surface area (Å²) < 4.78 is 4.10. The van der Waals surface area contributed by atoms with Crippen LogP contribution in [0.5, 0.6) is 5.88 Å². The molecule has 0 bridgehead atoms. The molecule has 0 radical (unpaired) electrons. The van der Waals surface area contributed by atoms with Crippen molar-refractivity contribution in [2.24, 2.45) is 0 Å². The molecule has 0 amide bonds. The van der Waals surface area contributed by atoms with E-state index < -0.39 is 0 Å². The van der Waals surface area contributed by atoms with Gasteiger partial charge in [0.1, 0.15) is 0 Å². The molecule has 2 aromatic carbocycles. The van der Waals surface area contributed by atoms with Crippen LogP contribution in [-0.4, -0.2) is 33.7 Å². The minimum absolute atomic E-state index is 0.0742. The molecule has 1 heterocycles. The van der Waals surface area contributed by atoms with Gasteiger partial charge in [-0.15, -0.1) is 0 Å². The van der Waals surface area contributed by atoms with E-state index in [1.54, 1.807) is 0 Å². The molecule has 1 aromatic heterocycles. The maximum absolute atomic E-state index is 10.7. The molecule has 0 aliphatic heterocycles. The Morgan fingerprint density at radius 2 is 1.48 bits per heavy atom. The topological polar surface area (TPSA) is 27.3 Å². The average molecular weight is 344 g/mol. The number of aromatic nitrogens is 1. The van der Waals surface area contributed by atoms with Gasteiger partial charge < -0.3 is 0 Å². The van der Waals surface area contributed by atoms with Gasteiger partial charge >= 0.3 is 130 Å². The number of hydrogen-bond donors (Lipinski definition) is 1. The molecule has 0 saturated carbocycles. The number of benzene rings is 2. The predicted octanol–water partition coefficient (Wildman–Crippen LogP) is 2.46. The van der Waals surface area contributed by atoms with Gasteiger partial charge in [0.05, 0.1) is 0 Å². The van der Waals surface area contributed by atoms with Crippen molar-refractivity contribution < 1.29 is 9.67 Å². The van der Waals surface area contributed by atoms with Crippen molar-refractivity contribution in [3.63, 3.8) is 0 Å². The Morgan fingerprint density at radius 3 is 2.05 bits per heavy atom. The van der Waals surface area contributed by atoms with Crippen LogP contribution in [-0.2, 0) is 0 Å². The van der Waals surface area contributed by atoms with Crippen molar-refractivity contribution in [3.8, 4) is 21.6 Å². The second-order valence-corrected chi connectivity index (χ2v) is 7.02. The zero-order valence-corrected chi connectivity index (χ0v) is 13.7. The number of para-hydroxylation sites is 1. The molecule has 0 fully saturated rings. The summed E-state index contributed by atoms with van der Waals surface area (Å²) in [6.45, 7) is 0. The summed E-state index contributed by atoms with van der Waals surface area (Å²) in [5, 5.41) is 10.7. The summed E-state index contributed by atoms with van der Waals surface area (Å²) in [7, 11) is 4.04. The fourth-order valence-corrected chi connectivity index (χ4v) is 4.53. The van der Waals surface area contributed by atoms with Crippen molar-refractivity contribution in [1.29, 1.82) is 0 Å². The Labute approximate surface area is 130 Å². The molecule has 21 heavy (non-hydrogen) atoms. The molecule has 0 saturated heterocycles. The molecule has 0 aliphatic rings. The summed E-state index contributed by atoms with van der Waals surface area (Å²) in [6, 6.07) is 20.1. The third kappa shape index (κ3) is 2.60. The van der Waals surface area contributed by atoms with Crippen LogP contribution in [0.3, 0.4) is 0 Å². The second kappa shape index (κ2) is 5.76. The van der Waals surface area contributed by atoms with Gasteiger partial charge in [-0.05, 0) is 0 Å². The quantitative estimate of drug-likeness (QED) is 0.584. The first-order chi connectivity index (χ1) is 10.2. The van der Waals surface area contributed by atoms with E-state index in [9.17, 15) is 5.11 Å². The van der Waals surface area contributed by atoms with E-state index in [0.29, 0.717) is 5.88 Å².